The second-order valence-corrected chi connectivity index (χ2v) is 6.48. The number of amides is 2. The van der Waals surface area contributed by atoms with Gasteiger partial charge in [-0.1, -0.05) is 29.8 Å². The molecule has 138 valence electrons. The van der Waals surface area contributed by atoms with Crippen molar-refractivity contribution in [2.45, 2.75) is 32.5 Å². The van der Waals surface area contributed by atoms with Crippen molar-refractivity contribution in [2.75, 3.05) is 19.6 Å². The number of nitrogens with one attached hydrogen (secondary N) is 2. The van der Waals surface area contributed by atoms with E-state index in [0.29, 0.717) is 26.2 Å². The largest absolute Gasteiger partial charge is 0.354 e. The average molecular weight is 356 g/mol. The second-order valence-electron chi connectivity index (χ2n) is 6.48. The molecule has 1 saturated heterocycles. The maximum absolute atomic E-state index is 12.3. The molecule has 0 radical (unpaired) electrons. The van der Waals surface area contributed by atoms with Gasteiger partial charge in [-0.2, -0.15) is 5.10 Å². The predicted octanol–water partition coefficient (Wildman–Crippen LogP) is 0.0934. The summed E-state index contributed by atoms with van der Waals surface area (Å²) in [5, 5.41) is 9.69. The third-order valence-corrected chi connectivity index (χ3v) is 4.46. The molecule has 1 fully saturated rings. The molecule has 2 amide bonds. The summed E-state index contributed by atoms with van der Waals surface area (Å²) in [4.78, 5) is 30.5. The summed E-state index contributed by atoms with van der Waals surface area (Å²) in [7, 11) is 0. The van der Waals surface area contributed by atoms with Gasteiger partial charge < -0.3 is 10.6 Å². The van der Waals surface area contributed by atoms with E-state index in [1.165, 1.54) is 11.9 Å². The van der Waals surface area contributed by atoms with Crippen LogP contribution in [0.1, 0.15) is 17.5 Å². The summed E-state index contributed by atoms with van der Waals surface area (Å²) in [6.07, 6.45) is 3.20. The standard InChI is InChI=1S/C18H24N6O2/c1-14-2-4-15(5-3-14)11-23-8-6-21-18(26)16(23)10-17(25)20-7-9-24-13-19-12-22-24/h2-5,12-13,16H,6-11H2,1H3,(H,20,25)(H,21,26)/t16-/m0/s1. The first-order valence-electron chi connectivity index (χ1n) is 8.78. The zero-order valence-corrected chi connectivity index (χ0v) is 14.9. The quantitative estimate of drug-likeness (QED) is 0.734. The van der Waals surface area contributed by atoms with Gasteiger partial charge >= 0.3 is 0 Å². The van der Waals surface area contributed by atoms with Crippen molar-refractivity contribution >= 4 is 11.8 Å². The topological polar surface area (TPSA) is 92.2 Å². The average Bonchev–Trinajstić information content (AvgIpc) is 3.13. The molecule has 26 heavy (non-hydrogen) atoms. The third-order valence-electron chi connectivity index (χ3n) is 4.46. The summed E-state index contributed by atoms with van der Waals surface area (Å²) in [5.74, 6) is -0.226. The highest BCUT2D eigenvalue weighted by Gasteiger charge is 2.31. The molecule has 1 atom stereocenters. The van der Waals surface area contributed by atoms with Gasteiger partial charge in [0, 0.05) is 26.2 Å². The van der Waals surface area contributed by atoms with E-state index < -0.39 is 6.04 Å². The molecular formula is C18H24N6O2. The van der Waals surface area contributed by atoms with Gasteiger partial charge in [-0.05, 0) is 12.5 Å². The van der Waals surface area contributed by atoms with Crippen LogP contribution in [0.5, 0.6) is 0 Å². The highest BCUT2D eigenvalue weighted by atomic mass is 16.2. The van der Waals surface area contributed by atoms with Gasteiger partial charge in [-0.3, -0.25) is 19.2 Å². The molecule has 1 aromatic carbocycles. The number of piperazine rings is 1. The van der Waals surface area contributed by atoms with Gasteiger partial charge in [-0.25, -0.2) is 4.98 Å². The molecular weight excluding hydrogens is 332 g/mol. The second kappa shape index (κ2) is 8.57. The van der Waals surface area contributed by atoms with Crippen molar-refractivity contribution in [2.24, 2.45) is 0 Å². The number of hydrogen-bond acceptors (Lipinski definition) is 5. The Balaban J connectivity index is 1.54. The molecule has 0 unspecified atom stereocenters. The summed E-state index contributed by atoms with van der Waals surface area (Å²) < 4.78 is 1.65. The smallest absolute Gasteiger partial charge is 0.237 e. The molecule has 3 rings (SSSR count). The summed E-state index contributed by atoms with van der Waals surface area (Å²) in [6, 6.07) is 7.81. The molecule has 0 saturated carbocycles. The van der Waals surface area contributed by atoms with Gasteiger partial charge in [0.15, 0.2) is 0 Å². The maximum atomic E-state index is 12.3. The first-order chi connectivity index (χ1) is 12.6. The number of rotatable bonds is 7. The zero-order chi connectivity index (χ0) is 18.4. The van der Waals surface area contributed by atoms with Gasteiger partial charge in [-0.15, -0.1) is 0 Å². The Morgan fingerprint density at radius 2 is 2.15 bits per heavy atom. The van der Waals surface area contributed by atoms with Crippen LogP contribution in [0.25, 0.3) is 0 Å². The van der Waals surface area contributed by atoms with Crippen LogP contribution in [0.2, 0.25) is 0 Å². The van der Waals surface area contributed by atoms with Gasteiger partial charge in [0.05, 0.1) is 19.0 Å². The van der Waals surface area contributed by atoms with E-state index in [9.17, 15) is 9.59 Å². The Morgan fingerprint density at radius 3 is 2.88 bits per heavy atom. The SMILES string of the molecule is Cc1ccc(CN2CCNC(=O)[C@@H]2CC(=O)NCCn2cncn2)cc1. The van der Waals surface area contributed by atoms with Gasteiger partial charge in [0.2, 0.25) is 11.8 Å². The van der Waals surface area contributed by atoms with E-state index in [-0.39, 0.29) is 18.2 Å². The predicted molar refractivity (Wildman–Crippen MR) is 96.0 cm³/mol. The van der Waals surface area contributed by atoms with Crippen molar-refractivity contribution in [1.82, 2.24) is 30.3 Å². The van der Waals surface area contributed by atoms with E-state index in [0.717, 1.165) is 12.1 Å². The number of nitrogens with zero attached hydrogens (tertiary/aromatic N) is 4. The van der Waals surface area contributed by atoms with Crippen LogP contribution in [0, 0.1) is 6.92 Å². The first kappa shape index (κ1) is 18.1. The first-order valence-corrected chi connectivity index (χ1v) is 8.78. The molecule has 1 aliphatic rings. The fourth-order valence-corrected chi connectivity index (χ4v) is 3.01. The van der Waals surface area contributed by atoms with Crippen molar-refractivity contribution in [3.63, 3.8) is 0 Å². The minimum absolute atomic E-state index is 0.0882. The van der Waals surface area contributed by atoms with Crippen LogP contribution in [0.4, 0.5) is 0 Å². The van der Waals surface area contributed by atoms with Crippen LogP contribution < -0.4 is 10.6 Å². The normalized spacial score (nSPS) is 17.7. The fourth-order valence-electron chi connectivity index (χ4n) is 3.01. The minimum Gasteiger partial charge on any atom is -0.354 e. The number of aryl methyl sites for hydroxylation is 1. The number of benzene rings is 1. The third kappa shape index (κ3) is 4.89. The summed E-state index contributed by atoms with van der Waals surface area (Å²) in [5.41, 5.74) is 2.34. The molecule has 8 heteroatoms. The van der Waals surface area contributed by atoms with Gasteiger partial charge in [0.1, 0.15) is 12.7 Å². The zero-order valence-electron chi connectivity index (χ0n) is 14.9. The van der Waals surface area contributed by atoms with Crippen LogP contribution in [-0.4, -0.2) is 57.2 Å². The van der Waals surface area contributed by atoms with Gasteiger partial charge in [0.25, 0.3) is 0 Å². The van der Waals surface area contributed by atoms with E-state index >= 15 is 0 Å². The highest BCUT2D eigenvalue weighted by Crippen LogP contribution is 2.14. The van der Waals surface area contributed by atoms with E-state index in [1.807, 2.05) is 6.92 Å². The van der Waals surface area contributed by atoms with Crippen molar-refractivity contribution in [3.8, 4) is 0 Å². The van der Waals surface area contributed by atoms with E-state index in [2.05, 4.69) is 49.9 Å². The lowest BCUT2D eigenvalue weighted by Gasteiger charge is -2.34. The number of hydrogen-bond donors (Lipinski definition) is 2. The Hall–Kier alpha value is -2.74. The van der Waals surface area contributed by atoms with Crippen molar-refractivity contribution < 1.29 is 9.59 Å². The lowest BCUT2D eigenvalue weighted by atomic mass is 10.1. The van der Waals surface area contributed by atoms with Crippen LogP contribution in [-0.2, 0) is 22.7 Å². The molecule has 0 bridgehead atoms. The molecule has 0 spiro atoms. The number of carbonyl (C=O) groups is 2. The van der Waals surface area contributed by atoms with E-state index in [4.69, 9.17) is 0 Å². The van der Waals surface area contributed by atoms with Crippen molar-refractivity contribution in [3.05, 3.63) is 48.0 Å². The molecule has 2 N–H and O–H groups in total. The molecule has 2 aromatic rings. The maximum Gasteiger partial charge on any atom is 0.237 e. The monoisotopic (exact) mass is 356 g/mol. The Morgan fingerprint density at radius 1 is 1.35 bits per heavy atom. The summed E-state index contributed by atoms with van der Waals surface area (Å²) in [6.45, 7) is 5.05. The number of aromatic nitrogens is 3. The van der Waals surface area contributed by atoms with Crippen molar-refractivity contribution in [1.29, 1.82) is 0 Å². The van der Waals surface area contributed by atoms with Crippen LogP contribution in [0.15, 0.2) is 36.9 Å². The molecule has 1 aliphatic heterocycles. The van der Waals surface area contributed by atoms with E-state index in [1.54, 1.807) is 11.0 Å². The molecule has 8 nitrogen and oxygen atoms in total. The number of carbonyl (C=O) groups excluding carboxylic acids is 2. The fraction of sp³-hybridized carbons (Fsp3) is 0.444. The van der Waals surface area contributed by atoms with Crippen LogP contribution >= 0.6 is 0 Å². The van der Waals surface area contributed by atoms with Crippen LogP contribution in [0.3, 0.4) is 0 Å². The molecule has 1 aromatic heterocycles. The lowest BCUT2D eigenvalue weighted by molar-refractivity contribution is -0.134. The Bertz CT molecular complexity index is 729. The molecule has 2 heterocycles. The Labute approximate surface area is 152 Å². The summed E-state index contributed by atoms with van der Waals surface area (Å²) >= 11 is 0. The molecule has 0 aliphatic carbocycles. The highest BCUT2D eigenvalue weighted by molar-refractivity contribution is 5.88. The minimum atomic E-state index is -0.448. The lowest BCUT2D eigenvalue weighted by Crippen LogP contribution is -2.56. The Kier molecular flexibility index (Phi) is 5.96.